The van der Waals surface area contributed by atoms with Crippen molar-refractivity contribution in [2.45, 2.75) is 25.9 Å². The van der Waals surface area contributed by atoms with Gasteiger partial charge in [0, 0.05) is 6.54 Å². The number of nitrogens with two attached hydrogens (primary N) is 1. The minimum atomic E-state index is -0.181. The molecule has 1 aliphatic rings. The molecule has 5 nitrogen and oxygen atoms in total. The summed E-state index contributed by atoms with van der Waals surface area (Å²) in [6.07, 6.45) is 2.12. The SMILES string of the molecule is NCc1nc(CN2CCC(Cc3ccc(F)cc3)C2)no1. The van der Waals surface area contributed by atoms with Gasteiger partial charge >= 0.3 is 0 Å². The Kier molecular flexibility index (Phi) is 4.26. The average Bonchev–Trinajstić information content (AvgIpc) is 3.11. The number of aromatic nitrogens is 2. The molecule has 21 heavy (non-hydrogen) atoms. The van der Waals surface area contributed by atoms with Gasteiger partial charge in [0.05, 0.1) is 13.1 Å². The Morgan fingerprint density at radius 1 is 1.33 bits per heavy atom. The maximum atomic E-state index is 12.9. The molecule has 2 aromatic rings. The summed E-state index contributed by atoms with van der Waals surface area (Å²) in [6, 6.07) is 6.78. The van der Waals surface area contributed by atoms with Crippen molar-refractivity contribution in [2.75, 3.05) is 13.1 Å². The molecule has 1 unspecified atom stereocenters. The predicted octanol–water partition coefficient (Wildman–Crippen LogP) is 1.73. The standard InChI is InChI=1S/C15H19FN4O/c16-13-3-1-11(2-4-13)7-12-5-6-20(9-12)10-14-18-15(8-17)21-19-14/h1-4,12H,5-10,17H2. The summed E-state index contributed by atoms with van der Waals surface area (Å²) in [5, 5.41) is 3.92. The molecule has 1 aromatic carbocycles. The van der Waals surface area contributed by atoms with Crippen LogP contribution in [0.4, 0.5) is 4.39 Å². The number of likely N-dealkylation sites (tertiary alicyclic amines) is 1. The average molecular weight is 290 g/mol. The molecule has 0 spiro atoms. The van der Waals surface area contributed by atoms with Crippen molar-refractivity contribution < 1.29 is 8.91 Å². The van der Waals surface area contributed by atoms with E-state index in [1.54, 1.807) is 0 Å². The molecule has 1 saturated heterocycles. The smallest absolute Gasteiger partial charge is 0.240 e. The second-order valence-corrected chi connectivity index (χ2v) is 5.53. The largest absolute Gasteiger partial charge is 0.338 e. The maximum Gasteiger partial charge on any atom is 0.240 e. The molecule has 1 aliphatic heterocycles. The molecule has 6 heteroatoms. The Balaban J connectivity index is 1.52. The van der Waals surface area contributed by atoms with Crippen LogP contribution in [0.1, 0.15) is 23.7 Å². The van der Waals surface area contributed by atoms with E-state index in [-0.39, 0.29) is 12.4 Å². The van der Waals surface area contributed by atoms with E-state index in [1.807, 2.05) is 12.1 Å². The summed E-state index contributed by atoms with van der Waals surface area (Å²) in [4.78, 5) is 6.54. The third kappa shape index (κ3) is 3.65. The quantitative estimate of drug-likeness (QED) is 0.908. The van der Waals surface area contributed by atoms with Crippen LogP contribution >= 0.6 is 0 Å². The van der Waals surface area contributed by atoms with E-state index in [1.165, 1.54) is 17.7 Å². The van der Waals surface area contributed by atoms with E-state index in [0.717, 1.165) is 25.9 Å². The van der Waals surface area contributed by atoms with Gasteiger partial charge < -0.3 is 10.3 Å². The van der Waals surface area contributed by atoms with Crippen LogP contribution in [0.15, 0.2) is 28.8 Å². The summed E-state index contributed by atoms with van der Waals surface area (Å²) < 4.78 is 17.9. The normalized spacial score (nSPS) is 19.2. The molecule has 1 fully saturated rings. The molecule has 2 heterocycles. The lowest BCUT2D eigenvalue weighted by molar-refractivity contribution is 0.298. The lowest BCUT2D eigenvalue weighted by Crippen LogP contribution is -2.21. The lowest BCUT2D eigenvalue weighted by atomic mass is 9.99. The van der Waals surface area contributed by atoms with E-state index < -0.39 is 0 Å². The zero-order valence-electron chi connectivity index (χ0n) is 11.8. The van der Waals surface area contributed by atoms with E-state index in [4.69, 9.17) is 10.3 Å². The maximum absolute atomic E-state index is 12.9. The molecule has 1 aromatic heterocycles. The third-order valence-electron chi connectivity index (χ3n) is 3.86. The summed E-state index contributed by atoms with van der Waals surface area (Å²) in [7, 11) is 0. The number of rotatable bonds is 5. The van der Waals surface area contributed by atoms with Crippen LogP contribution in [0, 0.1) is 11.7 Å². The summed E-state index contributed by atoms with van der Waals surface area (Å²) in [6.45, 7) is 3.01. The molecule has 0 bridgehead atoms. The van der Waals surface area contributed by atoms with Gasteiger partial charge in [0.2, 0.25) is 5.89 Å². The van der Waals surface area contributed by atoms with Gasteiger partial charge in [-0.3, -0.25) is 4.90 Å². The van der Waals surface area contributed by atoms with Crippen molar-refractivity contribution in [3.8, 4) is 0 Å². The zero-order chi connectivity index (χ0) is 14.7. The molecule has 0 aliphatic carbocycles. The van der Waals surface area contributed by atoms with Gasteiger partial charge in [-0.25, -0.2) is 4.39 Å². The lowest BCUT2D eigenvalue weighted by Gasteiger charge is -2.13. The topological polar surface area (TPSA) is 68.2 Å². The summed E-state index contributed by atoms with van der Waals surface area (Å²) >= 11 is 0. The summed E-state index contributed by atoms with van der Waals surface area (Å²) in [5.41, 5.74) is 6.64. The Hall–Kier alpha value is -1.79. The molecule has 0 radical (unpaired) electrons. The first-order valence-electron chi connectivity index (χ1n) is 7.21. The van der Waals surface area contributed by atoms with Gasteiger partial charge in [-0.15, -0.1) is 0 Å². The first-order chi connectivity index (χ1) is 10.2. The number of halogens is 1. The molecular formula is C15H19FN4O. The second-order valence-electron chi connectivity index (χ2n) is 5.53. The van der Waals surface area contributed by atoms with Gasteiger partial charge in [0.15, 0.2) is 5.82 Å². The van der Waals surface area contributed by atoms with Gasteiger partial charge in [-0.1, -0.05) is 17.3 Å². The van der Waals surface area contributed by atoms with Crippen LogP contribution in [0.2, 0.25) is 0 Å². The van der Waals surface area contributed by atoms with Crippen LogP contribution in [-0.2, 0) is 19.5 Å². The van der Waals surface area contributed by atoms with Gasteiger partial charge in [0.1, 0.15) is 5.82 Å². The number of hydrogen-bond acceptors (Lipinski definition) is 5. The van der Waals surface area contributed by atoms with Crippen LogP contribution in [0.3, 0.4) is 0 Å². The fourth-order valence-electron chi connectivity index (χ4n) is 2.81. The summed E-state index contributed by atoms with van der Waals surface area (Å²) in [5.74, 6) is 1.58. The molecule has 112 valence electrons. The highest BCUT2D eigenvalue weighted by atomic mass is 19.1. The fourth-order valence-corrected chi connectivity index (χ4v) is 2.81. The second kappa shape index (κ2) is 6.32. The molecule has 0 amide bonds. The van der Waals surface area contributed by atoms with E-state index in [9.17, 15) is 4.39 Å². The Morgan fingerprint density at radius 3 is 2.86 bits per heavy atom. The van der Waals surface area contributed by atoms with Crippen LogP contribution in [0.25, 0.3) is 0 Å². The van der Waals surface area contributed by atoms with Crippen molar-refractivity contribution in [3.63, 3.8) is 0 Å². The highest BCUT2D eigenvalue weighted by Crippen LogP contribution is 2.22. The number of benzene rings is 1. The number of hydrogen-bond donors (Lipinski definition) is 1. The Labute approximate surface area is 122 Å². The predicted molar refractivity (Wildman–Crippen MR) is 75.7 cm³/mol. The van der Waals surface area contributed by atoms with Crippen LogP contribution in [-0.4, -0.2) is 28.1 Å². The minimum absolute atomic E-state index is 0.181. The van der Waals surface area contributed by atoms with Crippen LogP contribution in [0.5, 0.6) is 0 Å². The zero-order valence-corrected chi connectivity index (χ0v) is 11.8. The fraction of sp³-hybridized carbons (Fsp3) is 0.467. The first kappa shape index (κ1) is 14.2. The van der Waals surface area contributed by atoms with Crippen molar-refractivity contribution in [3.05, 3.63) is 47.4 Å². The molecule has 0 saturated carbocycles. The van der Waals surface area contributed by atoms with Crippen molar-refractivity contribution >= 4 is 0 Å². The van der Waals surface area contributed by atoms with Crippen molar-refractivity contribution in [1.82, 2.24) is 15.0 Å². The van der Waals surface area contributed by atoms with E-state index in [2.05, 4.69) is 15.0 Å². The molecule has 1 atom stereocenters. The van der Waals surface area contributed by atoms with E-state index >= 15 is 0 Å². The van der Waals surface area contributed by atoms with Gasteiger partial charge in [0.25, 0.3) is 0 Å². The third-order valence-corrected chi connectivity index (χ3v) is 3.86. The van der Waals surface area contributed by atoms with Crippen molar-refractivity contribution in [2.24, 2.45) is 11.7 Å². The van der Waals surface area contributed by atoms with Gasteiger partial charge in [-0.05, 0) is 43.0 Å². The Morgan fingerprint density at radius 2 is 2.14 bits per heavy atom. The van der Waals surface area contributed by atoms with Crippen LogP contribution < -0.4 is 5.73 Å². The Bertz CT molecular complexity index is 584. The molecular weight excluding hydrogens is 271 g/mol. The van der Waals surface area contributed by atoms with Gasteiger partial charge in [-0.2, -0.15) is 4.98 Å². The van der Waals surface area contributed by atoms with E-state index in [0.29, 0.717) is 24.2 Å². The molecule has 2 N–H and O–H groups in total. The highest BCUT2D eigenvalue weighted by molar-refractivity contribution is 5.17. The van der Waals surface area contributed by atoms with Crippen molar-refractivity contribution in [1.29, 1.82) is 0 Å². The highest BCUT2D eigenvalue weighted by Gasteiger charge is 2.24. The monoisotopic (exact) mass is 290 g/mol. The first-order valence-corrected chi connectivity index (χ1v) is 7.21. The number of nitrogens with zero attached hydrogens (tertiary/aromatic N) is 3. The minimum Gasteiger partial charge on any atom is -0.338 e. The molecule has 3 rings (SSSR count).